The fourth-order valence-corrected chi connectivity index (χ4v) is 2.80. The van der Waals surface area contributed by atoms with Gasteiger partial charge in [0.25, 0.3) is 5.91 Å². The summed E-state index contributed by atoms with van der Waals surface area (Å²) in [6.45, 7) is 7.47. The van der Waals surface area contributed by atoms with Gasteiger partial charge in [-0.1, -0.05) is 30.3 Å². The van der Waals surface area contributed by atoms with Crippen LogP contribution >= 0.6 is 0 Å². The van der Waals surface area contributed by atoms with E-state index >= 15 is 0 Å². The largest absolute Gasteiger partial charge is 0.483 e. The van der Waals surface area contributed by atoms with E-state index in [1.54, 1.807) is 32.0 Å². The molecule has 0 spiro atoms. The molecule has 0 heterocycles. The number of halogens is 1. The third kappa shape index (κ3) is 5.55. The van der Waals surface area contributed by atoms with Crippen LogP contribution in [0.25, 0.3) is 0 Å². The van der Waals surface area contributed by atoms with Gasteiger partial charge in [0, 0.05) is 18.7 Å². The summed E-state index contributed by atoms with van der Waals surface area (Å²) in [5.41, 5.74) is 2.28. The first kappa shape index (κ1) is 21.4. The van der Waals surface area contributed by atoms with E-state index in [0.29, 0.717) is 17.9 Å². The number of likely N-dealkylation sites (N-methyl/N-ethyl adjacent to an activating group) is 1. The molecule has 0 bridgehead atoms. The third-order valence-electron chi connectivity index (χ3n) is 4.51. The highest BCUT2D eigenvalue weighted by Crippen LogP contribution is 2.20. The van der Waals surface area contributed by atoms with E-state index in [1.807, 2.05) is 32.0 Å². The van der Waals surface area contributed by atoms with Crippen LogP contribution in [0.5, 0.6) is 5.75 Å². The Morgan fingerprint density at radius 3 is 2.57 bits per heavy atom. The summed E-state index contributed by atoms with van der Waals surface area (Å²) in [5.74, 6) is -0.481. The lowest BCUT2D eigenvalue weighted by atomic mass is 10.1. The van der Waals surface area contributed by atoms with Gasteiger partial charge in [0.15, 0.2) is 6.61 Å². The van der Waals surface area contributed by atoms with Crippen molar-refractivity contribution in [3.05, 3.63) is 65.0 Å². The van der Waals surface area contributed by atoms with Gasteiger partial charge in [0.05, 0.1) is 0 Å². The molecule has 150 valence electrons. The molecule has 2 amide bonds. The fraction of sp³-hybridized carbons (Fsp3) is 0.364. The van der Waals surface area contributed by atoms with Crippen LogP contribution in [-0.4, -0.2) is 35.9 Å². The first-order valence-corrected chi connectivity index (χ1v) is 9.34. The molecule has 28 heavy (non-hydrogen) atoms. The Bertz CT molecular complexity index is 838. The number of benzene rings is 2. The van der Waals surface area contributed by atoms with E-state index in [4.69, 9.17) is 4.74 Å². The van der Waals surface area contributed by atoms with Gasteiger partial charge in [-0.15, -0.1) is 0 Å². The van der Waals surface area contributed by atoms with E-state index in [-0.39, 0.29) is 25.0 Å². The maximum atomic E-state index is 14.1. The maximum Gasteiger partial charge on any atom is 0.261 e. The average molecular weight is 386 g/mol. The molecule has 1 atom stereocenters. The zero-order valence-corrected chi connectivity index (χ0v) is 16.8. The fourth-order valence-electron chi connectivity index (χ4n) is 2.80. The Morgan fingerprint density at radius 1 is 1.18 bits per heavy atom. The lowest BCUT2D eigenvalue weighted by Crippen LogP contribution is -2.49. The number of rotatable bonds is 8. The number of nitrogens with one attached hydrogen (secondary N) is 1. The number of carbonyl (C=O) groups is 2. The molecule has 0 aliphatic carbocycles. The van der Waals surface area contributed by atoms with Crippen molar-refractivity contribution in [1.82, 2.24) is 10.2 Å². The highest BCUT2D eigenvalue weighted by molar-refractivity contribution is 5.87. The van der Waals surface area contributed by atoms with Crippen LogP contribution in [0.4, 0.5) is 4.39 Å². The topological polar surface area (TPSA) is 58.6 Å². The summed E-state index contributed by atoms with van der Waals surface area (Å²) in [6, 6.07) is 11.2. The number of hydrogen-bond donors (Lipinski definition) is 1. The van der Waals surface area contributed by atoms with Crippen LogP contribution < -0.4 is 10.1 Å². The third-order valence-corrected chi connectivity index (χ3v) is 4.51. The van der Waals surface area contributed by atoms with Crippen LogP contribution in [0.3, 0.4) is 0 Å². The van der Waals surface area contributed by atoms with Gasteiger partial charge in [0.2, 0.25) is 5.91 Å². The van der Waals surface area contributed by atoms with E-state index in [1.165, 1.54) is 11.0 Å². The Hall–Kier alpha value is -2.89. The van der Waals surface area contributed by atoms with Gasteiger partial charge < -0.3 is 15.0 Å². The van der Waals surface area contributed by atoms with Gasteiger partial charge in [0.1, 0.15) is 17.6 Å². The standard InChI is InChI=1S/C22H27FN2O3/c1-5-24-22(27)17(4)25(13-18-8-6-7-9-19(18)23)21(26)14-28-20-12-15(2)10-11-16(20)3/h6-12,17H,5,13-14H2,1-4H3,(H,24,27)/t17-/m0/s1. The van der Waals surface area contributed by atoms with Crippen LogP contribution in [0.2, 0.25) is 0 Å². The van der Waals surface area contributed by atoms with Gasteiger partial charge in [-0.2, -0.15) is 0 Å². The van der Waals surface area contributed by atoms with Crippen molar-refractivity contribution >= 4 is 11.8 Å². The molecule has 0 aliphatic heterocycles. The summed E-state index contributed by atoms with van der Waals surface area (Å²) in [6.07, 6.45) is 0. The smallest absolute Gasteiger partial charge is 0.261 e. The minimum Gasteiger partial charge on any atom is -0.483 e. The van der Waals surface area contributed by atoms with Crippen molar-refractivity contribution in [2.75, 3.05) is 13.2 Å². The number of carbonyl (C=O) groups excluding carboxylic acids is 2. The second-order valence-electron chi connectivity index (χ2n) is 6.74. The van der Waals surface area contributed by atoms with Gasteiger partial charge in [-0.25, -0.2) is 4.39 Å². The molecule has 0 fully saturated rings. The summed E-state index contributed by atoms with van der Waals surface area (Å²) in [4.78, 5) is 26.5. The molecule has 0 radical (unpaired) electrons. The van der Waals surface area contributed by atoms with E-state index in [9.17, 15) is 14.0 Å². The SMILES string of the molecule is CCNC(=O)[C@H](C)N(Cc1ccccc1F)C(=O)COc1cc(C)ccc1C. The molecule has 2 rings (SSSR count). The van der Waals surface area contributed by atoms with Crippen molar-refractivity contribution in [1.29, 1.82) is 0 Å². The molecule has 2 aromatic carbocycles. The second-order valence-corrected chi connectivity index (χ2v) is 6.74. The number of aryl methyl sites for hydroxylation is 2. The molecule has 0 aromatic heterocycles. The molecule has 0 aliphatic rings. The second kappa shape index (κ2) is 9.88. The van der Waals surface area contributed by atoms with Gasteiger partial charge in [-0.3, -0.25) is 9.59 Å². The summed E-state index contributed by atoms with van der Waals surface area (Å²) in [7, 11) is 0. The predicted octanol–water partition coefficient (Wildman–Crippen LogP) is 3.37. The van der Waals surface area contributed by atoms with Crippen LogP contribution in [-0.2, 0) is 16.1 Å². The Balaban J connectivity index is 2.19. The van der Waals surface area contributed by atoms with Crippen LogP contribution in [0.15, 0.2) is 42.5 Å². The minimum absolute atomic E-state index is 0.0139. The summed E-state index contributed by atoms with van der Waals surface area (Å²) < 4.78 is 19.8. The van der Waals surface area contributed by atoms with Crippen LogP contribution in [0, 0.1) is 19.7 Å². The van der Waals surface area contributed by atoms with E-state index < -0.39 is 11.9 Å². The highest BCUT2D eigenvalue weighted by Gasteiger charge is 2.27. The number of amides is 2. The zero-order valence-electron chi connectivity index (χ0n) is 16.8. The normalized spacial score (nSPS) is 11.6. The lowest BCUT2D eigenvalue weighted by Gasteiger charge is -2.28. The number of nitrogens with zero attached hydrogens (tertiary/aromatic N) is 1. The molecule has 5 nitrogen and oxygen atoms in total. The zero-order chi connectivity index (χ0) is 20.7. The first-order valence-electron chi connectivity index (χ1n) is 9.34. The van der Waals surface area contributed by atoms with Crippen molar-refractivity contribution < 1.29 is 18.7 Å². The van der Waals surface area contributed by atoms with Crippen molar-refractivity contribution in [2.24, 2.45) is 0 Å². The van der Waals surface area contributed by atoms with E-state index in [2.05, 4.69) is 5.32 Å². The number of hydrogen-bond acceptors (Lipinski definition) is 3. The molecule has 0 saturated carbocycles. The van der Waals surface area contributed by atoms with E-state index in [0.717, 1.165) is 11.1 Å². The highest BCUT2D eigenvalue weighted by atomic mass is 19.1. The molecular weight excluding hydrogens is 359 g/mol. The van der Waals surface area contributed by atoms with Crippen molar-refractivity contribution in [3.63, 3.8) is 0 Å². The predicted molar refractivity (Wildman–Crippen MR) is 107 cm³/mol. The van der Waals surface area contributed by atoms with Crippen molar-refractivity contribution in [2.45, 2.75) is 40.3 Å². The molecule has 2 aromatic rings. The summed E-state index contributed by atoms with van der Waals surface area (Å²) >= 11 is 0. The molecule has 1 N–H and O–H groups in total. The monoisotopic (exact) mass is 386 g/mol. The molecule has 0 unspecified atom stereocenters. The Morgan fingerprint density at radius 2 is 1.89 bits per heavy atom. The maximum absolute atomic E-state index is 14.1. The number of ether oxygens (including phenoxy) is 1. The lowest BCUT2D eigenvalue weighted by molar-refractivity contribution is -0.142. The molecular formula is C22H27FN2O3. The first-order chi connectivity index (χ1) is 13.3. The Labute approximate surface area is 165 Å². The minimum atomic E-state index is -0.755. The van der Waals surface area contributed by atoms with Gasteiger partial charge >= 0.3 is 0 Å². The molecule has 6 heteroatoms. The average Bonchev–Trinajstić information content (AvgIpc) is 2.67. The van der Waals surface area contributed by atoms with Crippen LogP contribution in [0.1, 0.15) is 30.5 Å². The van der Waals surface area contributed by atoms with Crippen molar-refractivity contribution in [3.8, 4) is 5.75 Å². The Kier molecular flexibility index (Phi) is 7.55. The summed E-state index contributed by atoms with van der Waals surface area (Å²) in [5, 5.41) is 2.70. The molecule has 0 saturated heterocycles. The quantitative estimate of drug-likeness (QED) is 0.757. The van der Waals surface area contributed by atoms with Gasteiger partial charge in [-0.05, 0) is 51.0 Å².